The number of halogens is 1. The average molecular weight is 272 g/mol. The standard InChI is InChI=1S/C14H10ClN3O/c15-11-3-1-10(2-4-11)7-14(19)12-8-17-18-6-5-16-9-13(12)18/h1-6,8-9H,7H2. The van der Waals surface area contributed by atoms with Gasteiger partial charge in [-0.2, -0.15) is 5.10 Å². The van der Waals surface area contributed by atoms with Crippen LogP contribution in [0, 0.1) is 0 Å². The fourth-order valence-corrected chi connectivity index (χ4v) is 2.06. The summed E-state index contributed by atoms with van der Waals surface area (Å²) < 4.78 is 1.64. The summed E-state index contributed by atoms with van der Waals surface area (Å²) in [6.45, 7) is 0. The monoisotopic (exact) mass is 271 g/mol. The average Bonchev–Trinajstić information content (AvgIpc) is 2.85. The molecule has 0 radical (unpaired) electrons. The van der Waals surface area contributed by atoms with Gasteiger partial charge in [0, 0.05) is 23.8 Å². The summed E-state index contributed by atoms with van der Waals surface area (Å²) in [5.41, 5.74) is 2.24. The van der Waals surface area contributed by atoms with Gasteiger partial charge in [0.05, 0.1) is 23.5 Å². The van der Waals surface area contributed by atoms with Gasteiger partial charge in [-0.25, -0.2) is 4.52 Å². The van der Waals surface area contributed by atoms with Crippen LogP contribution in [0.2, 0.25) is 5.02 Å². The molecule has 19 heavy (non-hydrogen) atoms. The van der Waals surface area contributed by atoms with Gasteiger partial charge in [0.15, 0.2) is 5.78 Å². The van der Waals surface area contributed by atoms with E-state index in [-0.39, 0.29) is 5.78 Å². The van der Waals surface area contributed by atoms with Crippen LogP contribution >= 0.6 is 11.6 Å². The van der Waals surface area contributed by atoms with Gasteiger partial charge in [0.1, 0.15) is 0 Å². The van der Waals surface area contributed by atoms with E-state index in [1.54, 1.807) is 41.4 Å². The zero-order valence-electron chi connectivity index (χ0n) is 9.95. The topological polar surface area (TPSA) is 47.3 Å². The number of benzene rings is 1. The molecule has 0 spiro atoms. The number of rotatable bonds is 3. The number of Topliss-reactive ketones (excluding diaryl/α,β-unsaturated/α-hetero) is 1. The third-order valence-electron chi connectivity index (χ3n) is 2.90. The molecule has 0 saturated carbocycles. The van der Waals surface area contributed by atoms with Crippen molar-refractivity contribution < 1.29 is 4.79 Å². The Hall–Kier alpha value is -2.20. The van der Waals surface area contributed by atoms with Crippen LogP contribution in [0.25, 0.3) is 5.52 Å². The summed E-state index contributed by atoms with van der Waals surface area (Å²) in [4.78, 5) is 16.3. The van der Waals surface area contributed by atoms with Crippen molar-refractivity contribution in [2.45, 2.75) is 6.42 Å². The number of carbonyl (C=O) groups excluding carboxylic acids is 1. The number of hydrogen-bond donors (Lipinski definition) is 0. The fourth-order valence-electron chi connectivity index (χ4n) is 1.93. The van der Waals surface area contributed by atoms with Crippen LogP contribution < -0.4 is 0 Å². The lowest BCUT2D eigenvalue weighted by Crippen LogP contribution is -2.03. The van der Waals surface area contributed by atoms with Crippen molar-refractivity contribution >= 4 is 22.9 Å². The molecule has 0 aliphatic rings. The van der Waals surface area contributed by atoms with Crippen LogP contribution in [0.1, 0.15) is 15.9 Å². The minimum Gasteiger partial charge on any atom is -0.294 e. The lowest BCUT2D eigenvalue weighted by molar-refractivity contribution is 0.0994. The Bertz CT molecular complexity index is 734. The van der Waals surface area contributed by atoms with E-state index in [9.17, 15) is 4.79 Å². The Balaban J connectivity index is 1.90. The predicted octanol–water partition coefficient (Wildman–Crippen LogP) is 2.81. The lowest BCUT2D eigenvalue weighted by atomic mass is 10.0. The van der Waals surface area contributed by atoms with Gasteiger partial charge in [0.25, 0.3) is 0 Å². The molecular weight excluding hydrogens is 262 g/mol. The van der Waals surface area contributed by atoms with Gasteiger partial charge in [0.2, 0.25) is 0 Å². The van der Waals surface area contributed by atoms with Crippen LogP contribution in [-0.4, -0.2) is 20.4 Å². The van der Waals surface area contributed by atoms with Crippen LogP contribution in [0.15, 0.2) is 49.1 Å². The Kier molecular flexibility index (Phi) is 3.01. The smallest absolute Gasteiger partial charge is 0.171 e. The molecule has 0 amide bonds. The van der Waals surface area contributed by atoms with Crippen molar-refractivity contribution in [3.8, 4) is 0 Å². The molecule has 94 valence electrons. The van der Waals surface area contributed by atoms with E-state index in [2.05, 4.69) is 10.1 Å². The summed E-state index contributed by atoms with van der Waals surface area (Å²) in [5, 5.41) is 4.79. The molecule has 0 atom stereocenters. The van der Waals surface area contributed by atoms with E-state index in [1.807, 2.05) is 12.1 Å². The number of nitrogens with zero attached hydrogens (tertiary/aromatic N) is 3. The highest BCUT2D eigenvalue weighted by atomic mass is 35.5. The van der Waals surface area contributed by atoms with Crippen molar-refractivity contribution in [1.29, 1.82) is 0 Å². The van der Waals surface area contributed by atoms with Crippen molar-refractivity contribution in [1.82, 2.24) is 14.6 Å². The number of ketones is 1. The van der Waals surface area contributed by atoms with Gasteiger partial charge in [-0.15, -0.1) is 0 Å². The number of carbonyl (C=O) groups is 1. The highest BCUT2D eigenvalue weighted by Gasteiger charge is 2.13. The summed E-state index contributed by atoms with van der Waals surface area (Å²) in [6.07, 6.45) is 6.90. The van der Waals surface area contributed by atoms with Crippen LogP contribution in [0.5, 0.6) is 0 Å². The van der Waals surface area contributed by atoms with E-state index in [0.29, 0.717) is 17.0 Å². The highest BCUT2D eigenvalue weighted by molar-refractivity contribution is 6.30. The maximum absolute atomic E-state index is 12.3. The van der Waals surface area contributed by atoms with Crippen molar-refractivity contribution in [2.24, 2.45) is 0 Å². The predicted molar refractivity (Wildman–Crippen MR) is 72.5 cm³/mol. The molecule has 0 unspecified atom stereocenters. The van der Waals surface area contributed by atoms with Crippen molar-refractivity contribution in [3.05, 3.63) is 65.2 Å². The summed E-state index contributed by atoms with van der Waals surface area (Å²) in [7, 11) is 0. The van der Waals surface area contributed by atoms with E-state index < -0.39 is 0 Å². The molecular formula is C14H10ClN3O. The Morgan fingerprint density at radius 2 is 2.00 bits per heavy atom. The van der Waals surface area contributed by atoms with E-state index in [4.69, 9.17) is 11.6 Å². The first kappa shape index (κ1) is 11.9. The zero-order chi connectivity index (χ0) is 13.2. The van der Waals surface area contributed by atoms with Crippen LogP contribution in [0.4, 0.5) is 0 Å². The first-order chi connectivity index (χ1) is 9.24. The van der Waals surface area contributed by atoms with Gasteiger partial charge in [-0.3, -0.25) is 9.78 Å². The molecule has 4 nitrogen and oxygen atoms in total. The summed E-state index contributed by atoms with van der Waals surface area (Å²) >= 11 is 5.82. The minimum atomic E-state index is 0.0188. The first-order valence-corrected chi connectivity index (χ1v) is 6.17. The second kappa shape index (κ2) is 4.82. The molecule has 0 N–H and O–H groups in total. The lowest BCUT2D eigenvalue weighted by Gasteiger charge is -2.00. The van der Waals surface area contributed by atoms with Crippen molar-refractivity contribution in [2.75, 3.05) is 0 Å². The van der Waals surface area contributed by atoms with Gasteiger partial charge in [-0.05, 0) is 17.7 Å². The SMILES string of the molecule is O=C(Cc1ccc(Cl)cc1)c1cnn2ccncc12. The summed E-state index contributed by atoms with van der Waals surface area (Å²) in [5.74, 6) is 0.0188. The Labute approximate surface area is 114 Å². The third-order valence-corrected chi connectivity index (χ3v) is 3.16. The van der Waals surface area contributed by atoms with E-state index in [1.165, 1.54) is 0 Å². The van der Waals surface area contributed by atoms with E-state index >= 15 is 0 Å². The molecule has 0 saturated heterocycles. The fraction of sp³-hybridized carbons (Fsp3) is 0.0714. The van der Waals surface area contributed by atoms with Gasteiger partial charge < -0.3 is 0 Å². The highest BCUT2D eigenvalue weighted by Crippen LogP contribution is 2.15. The molecule has 0 aliphatic heterocycles. The van der Waals surface area contributed by atoms with Gasteiger partial charge >= 0.3 is 0 Å². The maximum atomic E-state index is 12.3. The normalized spacial score (nSPS) is 10.8. The van der Waals surface area contributed by atoms with Crippen molar-refractivity contribution in [3.63, 3.8) is 0 Å². The summed E-state index contributed by atoms with van der Waals surface area (Å²) in [6, 6.07) is 7.26. The third kappa shape index (κ3) is 2.35. The quantitative estimate of drug-likeness (QED) is 0.688. The molecule has 0 fully saturated rings. The molecule has 2 heterocycles. The Morgan fingerprint density at radius 3 is 2.79 bits per heavy atom. The minimum absolute atomic E-state index is 0.0188. The molecule has 5 heteroatoms. The number of hydrogen-bond acceptors (Lipinski definition) is 3. The zero-order valence-corrected chi connectivity index (χ0v) is 10.7. The Morgan fingerprint density at radius 1 is 1.21 bits per heavy atom. The largest absolute Gasteiger partial charge is 0.294 e. The van der Waals surface area contributed by atoms with Gasteiger partial charge in [-0.1, -0.05) is 23.7 Å². The molecule has 3 aromatic rings. The first-order valence-electron chi connectivity index (χ1n) is 5.79. The number of aromatic nitrogens is 3. The van der Waals surface area contributed by atoms with E-state index in [0.717, 1.165) is 11.1 Å². The van der Waals surface area contributed by atoms with Crippen LogP contribution in [0.3, 0.4) is 0 Å². The molecule has 0 bridgehead atoms. The molecule has 1 aromatic carbocycles. The molecule has 3 rings (SSSR count). The number of fused-ring (bicyclic) bond motifs is 1. The maximum Gasteiger partial charge on any atom is 0.171 e. The molecule has 2 aromatic heterocycles. The second-order valence-electron chi connectivity index (χ2n) is 4.19. The second-order valence-corrected chi connectivity index (χ2v) is 4.63. The van der Waals surface area contributed by atoms with Crippen LogP contribution in [-0.2, 0) is 6.42 Å². The molecule has 0 aliphatic carbocycles.